The number of halogens is 1. The maximum Gasteiger partial charge on any atom is 0.264 e. The topological polar surface area (TPSA) is 110 Å². The van der Waals surface area contributed by atoms with Gasteiger partial charge in [0.25, 0.3) is 5.91 Å². The minimum Gasteiger partial charge on any atom is -0.497 e. The van der Waals surface area contributed by atoms with Crippen LogP contribution < -0.4 is 14.5 Å². The number of hydrogen-bond acceptors (Lipinski definition) is 7. The number of benzene rings is 3. The number of carbonyl (C=O) groups is 2. The van der Waals surface area contributed by atoms with Crippen molar-refractivity contribution in [1.29, 1.82) is 0 Å². The van der Waals surface area contributed by atoms with Crippen LogP contribution in [0.5, 0.6) is 5.75 Å². The highest BCUT2D eigenvalue weighted by molar-refractivity contribution is 6.72. The second-order valence-corrected chi connectivity index (χ2v) is 17.6. The van der Waals surface area contributed by atoms with E-state index in [0.717, 1.165) is 16.8 Å². The van der Waals surface area contributed by atoms with Gasteiger partial charge >= 0.3 is 0 Å². The molecule has 0 saturated carbocycles. The van der Waals surface area contributed by atoms with Crippen LogP contribution in [-0.2, 0) is 33.0 Å². The Kier molecular flexibility index (Phi) is 8.66. The summed E-state index contributed by atoms with van der Waals surface area (Å²) >= 11 is 0. The summed E-state index contributed by atoms with van der Waals surface area (Å²) in [6, 6.07) is 22.9. The van der Waals surface area contributed by atoms with Gasteiger partial charge in [-0.05, 0) is 61.0 Å². The summed E-state index contributed by atoms with van der Waals surface area (Å²) < 4.78 is 30.6. The Morgan fingerprint density at radius 2 is 1.90 bits per heavy atom. The number of anilines is 2. The summed E-state index contributed by atoms with van der Waals surface area (Å²) in [5.41, 5.74) is 2.79. The summed E-state index contributed by atoms with van der Waals surface area (Å²) in [5, 5.41) is 18.8. The van der Waals surface area contributed by atoms with Crippen LogP contribution >= 0.6 is 0 Å². The first kappa shape index (κ1) is 33.1. The lowest BCUT2D eigenvalue weighted by atomic mass is 9.82. The number of aromatic nitrogens is 3. The van der Waals surface area contributed by atoms with Crippen LogP contribution in [0.25, 0.3) is 0 Å². The van der Waals surface area contributed by atoms with Crippen molar-refractivity contribution in [2.45, 2.75) is 69.1 Å². The summed E-state index contributed by atoms with van der Waals surface area (Å²) in [4.78, 5) is 30.4. The van der Waals surface area contributed by atoms with Crippen LogP contribution in [0, 0.1) is 5.92 Å². The van der Waals surface area contributed by atoms with Crippen molar-refractivity contribution in [2.75, 3.05) is 30.1 Å². The predicted molar refractivity (Wildman–Crippen MR) is 186 cm³/mol. The van der Waals surface area contributed by atoms with E-state index >= 15 is 4.11 Å². The molecule has 4 aromatic rings. The number of fused-ring (bicyclic) bond motifs is 2. The number of aryl methyl sites for hydroxylation is 1. The first-order chi connectivity index (χ1) is 23.5. The molecule has 3 aliphatic rings. The van der Waals surface area contributed by atoms with Crippen LogP contribution in [0.2, 0.25) is 18.6 Å². The lowest BCUT2D eigenvalue weighted by Crippen LogP contribution is -2.45. The van der Waals surface area contributed by atoms with Crippen molar-refractivity contribution in [3.63, 3.8) is 0 Å². The molecule has 0 bridgehead atoms. The molecule has 1 N–H and O–H groups in total. The number of nitrogens with zero attached hydrogens (tertiary/aromatic N) is 5. The van der Waals surface area contributed by atoms with E-state index in [4.69, 9.17) is 9.47 Å². The van der Waals surface area contributed by atoms with Crippen molar-refractivity contribution in [3.05, 3.63) is 101 Å². The minimum absolute atomic E-state index is 0.0839. The standard InChI is InChI=1S/C37H42FN5O5Si/c1-24-35(49(3,4)38)33(15-17-41-22-31(39-40-41)29(23-44)26-10-6-5-7-11-26)48-37(24)30-20-28(47-2)13-14-32(30)43(36(37)46)21-25-9-8-12-27(19-25)42-18-16-34(42)45/h5-14,19-20,22,24,29,33,35,44H,15-18,21,23H2,1-4H3/t24-,29?,33+,35-,37+/m1/s1. The van der Waals surface area contributed by atoms with E-state index in [0.29, 0.717) is 48.6 Å². The Labute approximate surface area is 286 Å². The Balaban J connectivity index is 1.18. The molecule has 3 aromatic carbocycles. The van der Waals surface area contributed by atoms with Crippen LogP contribution in [-0.4, -0.2) is 66.7 Å². The molecule has 12 heteroatoms. The monoisotopic (exact) mass is 683 g/mol. The molecule has 2 saturated heterocycles. The highest BCUT2D eigenvalue weighted by Gasteiger charge is 2.66. The van der Waals surface area contributed by atoms with E-state index in [1.165, 1.54) is 0 Å². The first-order valence-electron chi connectivity index (χ1n) is 16.9. The van der Waals surface area contributed by atoms with Crippen LogP contribution in [0.1, 0.15) is 48.1 Å². The Hall–Kier alpha value is -4.39. The summed E-state index contributed by atoms with van der Waals surface area (Å²) in [7, 11) is -1.80. The molecule has 10 nitrogen and oxygen atoms in total. The lowest BCUT2D eigenvalue weighted by Gasteiger charge is -2.32. The summed E-state index contributed by atoms with van der Waals surface area (Å²) in [5.74, 6) is -0.324. The van der Waals surface area contributed by atoms with Crippen molar-refractivity contribution in [3.8, 4) is 5.75 Å². The average molecular weight is 684 g/mol. The fraction of sp³-hybridized carbons (Fsp3) is 0.405. The third kappa shape index (κ3) is 5.75. The predicted octanol–water partition coefficient (Wildman–Crippen LogP) is 5.56. The van der Waals surface area contributed by atoms with E-state index in [-0.39, 0.29) is 30.9 Å². The zero-order chi connectivity index (χ0) is 34.5. The van der Waals surface area contributed by atoms with Gasteiger partial charge in [-0.1, -0.05) is 54.6 Å². The van der Waals surface area contributed by atoms with Crippen molar-refractivity contribution < 1.29 is 28.3 Å². The maximum absolute atomic E-state index is 16.4. The van der Waals surface area contributed by atoms with Gasteiger partial charge in [-0.3, -0.25) is 14.3 Å². The number of hydrogen-bond donors (Lipinski definition) is 1. The molecule has 0 aliphatic carbocycles. The van der Waals surface area contributed by atoms with E-state index in [1.54, 1.807) is 34.7 Å². The van der Waals surface area contributed by atoms with E-state index in [2.05, 4.69) is 10.3 Å². The van der Waals surface area contributed by atoms with Crippen molar-refractivity contribution >= 4 is 31.6 Å². The Bertz CT molecular complexity index is 1870. The number of ether oxygens (including phenoxy) is 2. The number of rotatable bonds is 11. The van der Waals surface area contributed by atoms with Gasteiger partial charge in [-0.15, -0.1) is 5.10 Å². The summed E-state index contributed by atoms with van der Waals surface area (Å²) in [6.07, 6.45) is 2.22. The van der Waals surface area contributed by atoms with Gasteiger partial charge in [-0.25, -0.2) is 0 Å². The number of aliphatic hydroxyl groups excluding tert-OH is 1. The number of carbonyl (C=O) groups excluding carboxylic acids is 2. The van der Waals surface area contributed by atoms with Gasteiger partial charge in [0.2, 0.25) is 14.3 Å². The Morgan fingerprint density at radius 3 is 2.57 bits per heavy atom. The average Bonchev–Trinajstić information content (AvgIpc) is 3.74. The minimum atomic E-state index is -3.38. The molecule has 0 radical (unpaired) electrons. The fourth-order valence-electron chi connectivity index (χ4n) is 8.07. The molecule has 3 aliphatic heterocycles. The first-order valence-corrected chi connectivity index (χ1v) is 19.8. The zero-order valence-corrected chi connectivity index (χ0v) is 29.3. The van der Waals surface area contributed by atoms with Crippen LogP contribution in [0.4, 0.5) is 15.5 Å². The molecular formula is C37H42FN5O5Si. The molecule has 49 heavy (non-hydrogen) atoms. The third-order valence-electron chi connectivity index (χ3n) is 10.5. The van der Waals surface area contributed by atoms with Gasteiger partial charge in [-0.2, -0.15) is 0 Å². The fourth-order valence-corrected chi connectivity index (χ4v) is 10.6. The molecular weight excluding hydrogens is 642 g/mol. The maximum atomic E-state index is 16.4. The van der Waals surface area contributed by atoms with E-state index in [1.807, 2.05) is 85.9 Å². The normalized spacial score (nSPS) is 24.0. The second-order valence-electron chi connectivity index (χ2n) is 13.9. The molecule has 4 heterocycles. The quantitative estimate of drug-likeness (QED) is 0.125. The zero-order valence-electron chi connectivity index (χ0n) is 28.3. The molecule has 5 atom stereocenters. The highest BCUT2D eigenvalue weighted by Crippen LogP contribution is 2.60. The molecule has 1 spiro atoms. The van der Waals surface area contributed by atoms with Crippen LogP contribution in [0.15, 0.2) is 79.0 Å². The van der Waals surface area contributed by atoms with Crippen molar-refractivity contribution in [1.82, 2.24) is 15.0 Å². The molecule has 256 valence electrons. The van der Waals surface area contributed by atoms with Crippen molar-refractivity contribution in [2.24, 2.45) is 5.92 Å². The Morgan fingerprint density at radius 1 is 1.10 bits per heavy atom. The molecule has 1 unspecified atom stereocenters. The van der Waals surface area contributed by atoms with Gasteiger partial charge in [0, 0.05) is 48.4 Å². The van der Waals surface area contributed by atoms with Gasteiger partial charge in [0.05, 0.1) is 43.7 Å². The van der Waals surface area contributed by atoms with Gasteiger partial charge in [0.15, 0.2) is 5.60 Å². The molecule has 2 fully saturated rings. The third-order valence-corrected chi connectivity index (χ3v) is 13.0. The number of amides is 2. The highest BCUT2D eigenvalue weighted by atomic mass is 28.4. The lowest BCUT2D eigenvalue weighted by molar-refractivity contribution is -0.146. The van der Waals surface area contributed by atoms with E-state index in [9.17, 15) is 14.7 Å². The summed E-state index contributed by atoms with van der Waals surface area (Å²) in [6.45, 7) is 6.56. The molecule has 7 rings (SSSR count). The number of methoxy groups -OCH3 is 1. The molecule has 1 aromatic heterocycles. The van der Waals surface area contributed by atoms with E-state index < -0.39 is 31.6 Å². The van der Waals surface area contributed by atoms with Crippen LogP contribution in [0.3, 0.4) is 0 Å². The SMILES string of the molecule is COc1ccc2c(c1)[C@]1(O[C@@H](CCn3cc(C(CO)c4ccccc4)nn3)[C@H]([Si](C)(C)F)[C@H]1C)C(=O)N2Cc1cccc(N2CCC2=O)c1. The second kappa shape index (κ2) is 12.8. The number of aliphatic hydroxyl groups is 1. The van der Waals surface area contributed by atoms with Gasteiger partial charge < -0.3 is 28.5 Å². The largest absolute Gasteiger partial charge is 0.497 e. The van der Waals surface area contributed by atoms with Gasteiger partial charge in [0.1, 0.15) is 5.75 Å². The smallest absolute Gasteiger partial charge is 0.264 e. The number of β-lactam (4-membered cyclic amide) rings is 1. The molecule has 2 amide bonds.